The van der Waals surface area contributed by atoms with Gasteiger partial charge >= 0.3 is 0 Å². The van der Waals surface area contributed by atoms with Gasteiger partial charge in [0.15, 0.2) is 5.15 Å². The first-order valence-electron chi connectivity index (χ1n) is 5.68. The van der Waals surface area contributed by atoms with Gasteiger partial charge in [-0.15, -0.1) is 12.4 Å². The number of halogens is 2. The first-order valence-corrected chi connectivity index (χ1v) is 6.06. The summed E-state index contributed by atoms with van der Waals surface area (Å²) in [5.74, 6) is 0.503. The standard InChI is InChI=1S/C11H16ClN3O.ClH/c12-10-7-13-8-11(15-10)16-6-4-9-3-1-2-5-14-9;/h7-9,14H,1-6H2;1H. The molecule has 2 heterocycles. The van der Waals surface area contributed by atoms with E-state index in [1.165, 1.54) is 25.5 Å². The Labute approximate surface area is 113 Å². The molecule has 1 atom stereocenters. The summed E-state index contributed by atoms with van der Waals surface area (Å²) in [6.07, 6.45) is 7.93. The predicted octanol–water partition coefficient (Wildman–Crippen LogP) is 2.46. The zero-order valence-corrected chi connectivity index (χ0v) is 11.1. The lowest BCUT2D eigenvalue weighted by atomic mass is 10.0. The number of rotatable bonds is 4. The van der Waals surface area contributed by atoms with Gasteiger partial charge in [-0.3, -0.25) is 4.98 Å². The van der Waals surface area contributed by atoms with Gasteiger partial charge in [-0.2, -0.15) is 4.98 Å². The van der Waals surface area contributed by atoms with Gasteiger partial charge < -0.3 is 10.1 Å². The van der Waals surface area contributed by atoms with E-state index in [-0.39, 0.29) is 12.4 Å². The first-order chi connectivity index (χ1) is 7.84. The summed E-state index contributed by atoms with van der Waals surface area (Å²) in [4.78, 5) is 7.93. The van der Waals surface area contributed by atoms with Crippen LogP contribution in [0.5, 0.6) is 5.88 Å². The summed E-state index contributed by atoms with van der Waals surface area (Å²) in [6, 6.07) is 0.584. The van der Waals surface area contributed by atoms with Crippen LogP contribution in [0.2, 0.25) is 5.15 Å². The summed E-state index contributed by atoms with van der Waals surface area (Å²) in [7, 11) is 0. The first kappa shape index (κ1) is 14.5. The lowest BCUT2D eigenvalue weighted by Crippen LogP contribution is -2.35. The Morgan fingerprint density at radius 1 is 1.41 bits per heavy atom. The minimum atomic E-state index is 0. The minimum Gasteiger partial charge on any atom is -0.476 e. The van der Waals surface area contributed by atoms with Gasteiger partial charge in [0, 0.05) is 6.04 Å². The summed E-state index contributed by atoms with van der Waals surface area (Å²) in [6.45, 7) is 1.79. The molecule has 1 aromatic rings. The molecule has 1 aliphatic rings. The second-order valence-corrected chi connectivity index (χ2v) is 4.35. The monoisotopic (exact) mass is 277 g/mol. The predicted molar refractivity (Wildman–Crippen MR) is 70.0 cm³/mol. The number of piperidine rings is 1. The summed E-state index contributed by atoms with van der Waals surface area (Å²) in [5, 5.41) is 3.84. The third-order valence-corrected chi connectivity index (χ3v) is 2.89. The average Bonchev–Trinajstić information content (AvgIpc) is 2.30. The van der Waals surface area contributed by atoms with E-state index in [1.54, 1.807) is 6.20 Å². The largest absolute Gasteiger partial charge is 0.476 e. The molecule has 1 aromatic heterocycles. The Morgan fingerprint density at radius 3 is 3.00 bits per heavy atom. The maximum absolute atomic E-state index is 5.71. The molecular formula is C11H17Cl2N3O. The van der Waals surface area contributed by atoms with Crippen LogP contribution in [0.15, 0.2) is 12.4 Å². The third kappa shape index (κ3) is 5.06. The molecule has 0 aliphatic carbocycles. The molecule has 1 fully saturated rings. The van der Waals surface area contributed by atoms with Crippen LogP contribution in [0.4, 0.5) is 0 Å². The fourth-order valence-corrected chi connectivity index (χ4v) is 2.01. The number of hydrogen-bond acceptors (Lipinski definition) is 4. The average molecular weight is 278 g/mol. The van der Waals surface area contributed by atoms with E-state index in [4.69, 9.17) is 16.3 Å². The summed E-state index contributed by atoms with van der Waals surface area (Å²) < 4.78 is 5.49. The third-order valence-electron chi connectivity index (χ3n) is 2.71. The number of nitrogens with zero attached hydrogens (tertiary/aromatic N) is 2. The highest BCUT2D eigenvalue weighted by Gasteiger charge is 2.12. The van der Waals surface area contributed by atoms with Crippen molar-refractivity contribution in [1.82, 2.24) is 15.3 Å². The zero-order valence-electron chi connectivity index (χ0n) is 9.56. The van der Waals surface area contributed by atoms with Crippen LogP contribution in [0.3, 0.4) is 0 Å². The highest BCUT2D eigenvalue weighted by atomic mass is 35.5. The molecule has 1 N–H and O–H groups in total. The summed E-state index contributed by atoms with van der Waals surface area (Å²) in [5.41, 5.74) is 0. The van der Waals surface area contributed by atoms with Crippen LogP contribution >= 0.6 is 24.0 Å². The molecular weight excluding hydrogens is 261 g/mol. The molecule has 0 aromatic carbocycles. The number of nitrogens with one attached hydrogen (secondary N) is 1. The second-order valence-electron chi connectivity index (χ2n) is 3.96. The molecule has 2 rings (SSSR count). The van der Waals surface area contributed by atoms with Crippen molar-refractivity contribution in [3.63, 3.8) is 0 Å². The Balaban J connectivity index is 0.00000144. The van der Waals surface area contributed by atoms with Crippen molar-refractivity contribution in [2.75, 3.05) is 13.2 Å². The molecule has 0 bridgehead atoms. The van der Waals surface area contributed by atoms with E-state index in [0.717, 1.165) is 13.0 Å². The SMILES string of the molecule is Cl.Clc1cncc(OCCC2CCCCN2)n1. The molecule has 0 radical (unpaired) electrons. The van der Waals surface area contributed by atoms with Crippen molar-refractivity contribution in [3.8, 4) is 5.88 Å². The highest BCUT2D eigenvalue weighted by Crippen LogP contribution is 2.12. The van der Waals surface area contributed by atoms with Crippen LogP contribution in [-0.2, 0) is 0 Å². The highest BCUT2D eigenvalue weighted by molar-refractivity contribution is 6.29. The normalized spacial score (nSPS) is 19.5. The number of ether oxygens (including phenoxy) is 1. The van der Waals surface area contributed by atoms with Gasteiger partial charge in [0.25, 0.3) is 0 Å². The maximum atomic E-state index is 5.71. The number of hydrogen-bond donors (Lipinski definition) is 1. The van der Waals surface area contributed by atoms with Crippen molar-refractivity contribution in [1.29, 1.82) is 0 Å². The van der Waals surface area contributed by atoms with E-state index in [0.29, 0.717) is 23.7 Å². The van der Waals surface area contributed by atoms with E-state index in [9.17, 15) is 0 Å². The zero-order chi connectivity index (χ0) is 11.2. The van der Waals surface area contributed by atoms with Gasteiger partial charge in [0.1, 0.15) is 0 Å². The Bertz CT molecular complexity index is 332. The molecule has 96 valence electrons. The number of aromatic nitrogens is 2. The van der Waals surface area contributed by atoms with Crippen molar-refractivity contribution in [2.24, 2.45) is 0 Å². The molecule has 0 spiro atoms. The molecule has 6 heteroatoms. The van der Waals surface area contributed by atoms with Crippen molar-refractivity contribution >= 4 is 24.0 Å². The van der Waals surface area contributed by atoms with Gasteiger partial charge in [-0.05, 0) is 25.8 Å². The molecule has 0 saturated carbocycles. The lowest BCUT2D eigenvalue weighted by Gasteiger charge is -2.23. The summed E-state index contributed by atoms with van der Waals surface area (Å²) >= 11 is 5.71. The fraction of sp³-hybridized carbons (Fsp3) is 0.636. The van der Waals surface area contributed by atoms with E-state index < -0.39 is 0 Å². The molecule has 0 amide bonds. The molecule has 17 heavy (non-hydrogen) atoms. The van der Waals surface area contributed by atoms with Crippen LogP contribution < -0.4 is 10.1 Å². The van der Waals surface area contributed by atoms with Gasteiger partial charge in [-0.25, -0.2) is 0 Å². The Hall–Kier alpha value is -0.580. The Morgan fingerprint density at radius 2 is 2.29 bits per heavy atom. The van der Waals surface area contributed by atoms with Gasteiger partial charge in [-0.1, -0.05) is 18.0 Å². The van der Waals surface area contributed by atoms with E-state index in [2.05, 4.69) is 15.3 Å². The second kappa shape index (κ2) is 7.69. The van der Waals surface area contributed by atoms with Crippen LogP contribution in [0.25, 0.3) is 0 Å². The van der Waals surface area contributed by atoms with Crippen LogP contribution in [0, 0.1) is 0 Å². The lowest BCUT2D eigenvalue weighted by molar-refractivity contribution is 0.260. The van der Waals surface area contributed by atoms with Crippen molar-refractivity contribution in [2.45, 2.75) is 31.7 Å². The van der Waals surface area contributed by atoms with Crippen molar-refractivity contribution < 1.29 is 4.74 Å². The maximum Gasteiger partial charge on any atom is 0.233 e. The molecule has 1 saturated heterocycles. The molecule has 1 unspecified atom stereocenters. The van der Waals surface area contributed by atoms with Crippen LogP contribution in [0.1, 0.15) is 25.7 Å². The van der Waals surface area contributed by atoms with E-state index >= 15 is 0 Å². The smallest absolute Gasteiger partial charge is 0.233 e. The van der Waals surface area contributed by atoms with Gasteiger partial charge in [0.2, 0.25) is 5.88 Å². The van der Waals surface area contributed by atoms with Gasteiger partial charge in [0.05, 0.1) is 19.0 Å². The fourth-order valence-electron chi connectivity index (χ4n) is 1.87. The van der Waals surface area contributed by atoms with E-state index in [1.807, 2.05) is 0 Å². The quantitative estimate of drug-likeness (QED) is 0.919. The minimum absolute atomic E-state index is 0. The Kier molecular flexibility index (Phi) is 6.55. The topological polar surface area (TPSA) is 47.0 Å². The van der Waals surface area contributed by atoms with Crippen LogP contribution in [-0.4, -0.2) is 29.2 Å². The molecule has 4 nitrogen and oxygen atoms in total. The van der Waals surface area contributed by atoms with Crippen molar-refractivity contribution in [3.05, 3.63) is 17.5 Å². The molecule has 1 aliphatic heterocycles.